The van der Waals surface area contributed by atoms with Crippen molar-refractivity contribution < 1.29 is 69.0 Å². The molecule has 0 spiro atoms. The van der Waals surface area contributed by atoms with Crippen molar-refractivity contribution in [1.29, 1.82) is 0 Å². The average molecular weight is 1040 g/mol. The molecule has 424 valence electrons. The lowest BCUT2D eigenvalue weighted by Crippen LogP contribution is -2.61. The van der Waals surface area contributed by atoms with E-state index in [1.165, 1.54) is 103 Å². The topological polar surface area (TPSA) is 214 Å². The quantitative estimate of drug-likeness (QED) is 0.0172. The maximum atomic E-state index is 13.1. The van der Waals surface area contributed by atoms with Crippen molar-refractivity contribution in [1.82, 2.24) is 0 Å². The van der Waals surface area contributed by atoms with Gasteiger partial charge in [-0.3, -0.25) is 4.79 Å². The summed E-state index contributed by atoms with van der Waals surface area (Å²) in [7, 11) is 0. The third-order valence-electron chi connectivity index (χ3n) is 13.5. The molecule has 2 aliphatic heterocycles. The molecule has 0 aromatic carbocycles. The zero-order valence-electron chi connectivity index (χ0n) is 45.4. The van der Waals surface area contributed by atoms with Crippen LogP contribution < -0.4 is 0 Å². The molecule has 14 nitrogen and oxygen atoms in total. The number of carbonyl (C=O) groups is 1. The highest BCUT2D eigenvalue weighted by Gasteiger charge is 2.47. The highest BCUT2D eigenvalue weighted by atomic mass is 16.7. The number of aliphatic hydroxyl groups is 7. The van der Waals surface area contributed by atoms with Gasteiger partial charge in [-0.2, -0.15) is 0 Å². The van der Waals surface area contributed by atoms with Crippen molar-refractivity contribution in [2.24, 2.45) is 0 Å². The Kier molecular flexibility index (Phi) is 42.0. The number of hydrogen-bond acceptors (Lipinski definition) is 14. The van der Waals surface area contributed by atoms with Crippen LogP contribution in [-0.2, 0) is 33.2 Å². The van der Waals surface area contributed by atoms with Gasteiger partial charge < -0.3 is 64.2 Å². The smallest absolute Gasteiger partial charge is 0.306 e. The Labute approximate surface area is 441 Å². The predicted molar refractivity (Wildman–Crippen MR) is 289 cm³/mol. The van der Waals surface area contributed by atoms with Gasteiger partial charge in [0, 0.05) is 13.0 Å². The van der Waals surface area contributed by atoms with Crippen molar-refractivity contribution in [3.63, 3.8) is 0 Å². The molecule has 2 aliphatic rings. The molecule has 0 bridgehead atoms. The molecule has 2 rings (SSSR count). The largest absolute Gasteiger partial charge is 0.457 e. The van der Waals surface area contributed by atoms with E-state index in [9.17, 15) is 40.5 Å². The molecule has 0 saturated carbocycles. The number of esters is 1. The molecule has 2 saturated heterocycles. The van der Waals surface area contributed by atoms with Gasteiger partial charge in [0.1, 0.15) is 54.9 Å². The molecule has 7 N–H and O–H groups in total. The second-order valence-corrected chi connectivity index (χ2v) is 20.1. The zero-order chi connectivity index (χ0) is 53.0. The minimum absolute atomic E-state index is 0.0557. The molecule has 14 heteroatoms. The Morgan fingerprint density at radius 3 is 1.41 bits per heavy atom. The normalized spacial score (nSPS) is 25.4. The predicted octanol–water partition coefficient (Wildman–Crippen LogP) is 10.1. The molecule has 73 heavy (non-hydrogen) atoms. The standard InChI is InChI=1S/C59H104O14/c1-3-5-7-9-11-13-15-17-19-20-21-22-23-24-25-26-27-28-29-30-32-34-36-38-40-42-51(61)71-48(45-68-43-41-39-37-35-33-31-18-16-14-12-10-8-6-4-2)46-69-58-57(67)55(65)53(63)50(73-58)47-70-59-56(66)54(64)52(62)49(44-60)72-59/h5,7,11,13-14,16-17,19,21-22,48-50,52-60,62-67H,3-4,6,8-10,12,15,18,20,23-47H2,1-2H3/b7-5-,13-11-,16-14-,19-17-,22-21-. The first kappa shape index (κ1) is 66.8. The molecular weight excluding hydrogens is 933 g/mol. The van der Waals surface area contributed by atoms with Crippen LogP contribution in [0, 0.1) is 0 Å². The Balaban J connectivity index is 1.69. The second-order valence-electron chi connectivity index (χ2n) is 20.1. The summed E-state index contributed by atoms with van der Waals surface area (Å²) in [6.45, 7) is 3.56. The fourth-order valence-electron chi connectivity index (χ4n) is 8.86. The van der Waals surface area contributed by atoms with Crippen LogP contribution in [-0.4, -0.2) is 142 Å². The number of rotatable bonds is 46. The lowest BCUT2D eigenvalue weighted by Gasteiger charge is -2.42. The number of hydrogen-bond donors (Lipinski definition) is 7. The molecular formula is C59H104O14. The molecule has 0 aromatic rings. The van der Waals surface area contributed by atoms with Gasteiger partial charge in [0.2, 0.25) is 0 Å². The summed E-state index contributed by atoms with van der Waals surface area (Å²) in [5.41, 5.74) is 0. The molecule has 0 aromatic heterocycles. The fraction of sp³-hybridized carbons (Fsp3) is 0.814. The van der Waals surface area contributed by atoms with Crippen LogP contribution in [0.15, 0.2) is 60.8 Å². The Morgan fingerprint density at radius 2 is 0.890 bits per heavy atom. The molecule has 2 heterocycles. The maximum absolute atomic E-state index is 13.1. The number of allylic oxidation sites excluding steroid dienone is 10. The lowest BCUT2D eigenvalue weighted by atomic mass is 9.98. The van der Waals surface area contributed by atoms with E-state index in [4.69, 9.17) is 28.4 Å². The van der Waals surface area contributed by atoms with E-state index in [-0.39, 0.29) is 25.6 Å². The van der Waals surface area contributed by atoms with Crippen LogP contribution in [0.3, 0.4) is 0 Å². The van der Waals surface area contributed by atoms with E-state index < -0.39 is 80.7 Å². The summed E-state index contributed by atoms with van der Waals surface area (Å²) in [6, 6.07) is 0. The highest BCUT2D eigenvalue weighted by Crippen LogP contribution is 2.26. The van der Waals surface area contributed by atoms with Gasteiger partial charge in [0.25, 0.3) is 0 Å². The second kappa shape index (κ2) is 45.8. The van der Waals surface area contributed by atoms with E-state index in [1.54, 1.807) is 0 Å². The summed E-state index contributed by atoms with van der Waals surface area (Å²) in [5.74, 6) is -0.381. The number of carbonyl (C=O) groups excluding carboxylic acids is 1. The van der Waals surface area contributed by atoms with Crippen molar-refractivity contribution >= 4 is 5.97 Å². The summed E-state index contributed by atoms with van der Waals surface area (Å²) >= 11 is 0. The number of unbranched alkanes of at least 4 members (excludes halogenated alkanes) is 22. The molecule has 0 aliphatic carbocycles. The van der Waals surface area contributed by atoms with Gasteiger partial charge in [0.15, 0.2) is 12.6 Å². The van der Waals surface area contributed by atoms with Crippen LogP contribution in [0.1, 0.15) is 206 Å². The summed E-state index contributed by atoms with van der Waals surface area (Å²) in [4.78, 5) is 13.1. The van der Waals surface area contributed by atoms with E-state index in [1.807, 2.05) is 0 Å². The highest BCUT2D eigenvalue weighted by molar-refractivity contribution is 5.69. The minimum atomic E-state index is -1.71. The Hall–Kier alpha value is -2.31. The molecule has 11 unspecified atom stereocenters. The first-order valence-corrected chi connectivity index (χ1v) is 28.9. The van der Waals surface area contributed by atoms with Gasteiger partial charge in [-0.1, -0.05) is 184 Å². The Bertz CT molecular complexity index is 1440. The van der Waals surface area contributed by atoms with Crippen molar-refractivity contribution in [3.05, 3.63) is 60.8 Å². The van der Waals surface area contributed by atoms with Crippen LogP contribution in [0.25, 0.3) is 0 Å². The minimum Gasteiger partial charge on any atom is -0.457 e. The summed E-state index contributed by atoms with van der Waals surface area (Å²) < 4.78 is 34.4. The van der Waals surface area contributed by atoms with Gasteiger partial charge in [-0.25, -0.2) is 0 Å². The number of aliphatic hydroxyl groups excluding tert-OH is 7. The zero-order valence-corrected chi connectivity index (χ0v) is 45.4. The molecule has 2 fully saturated rings. The van der Waals surface area contributed by atoms with Crippen LogP contribution in [0.2, 0.25) is 0 Å². The third-order valence-corrected chi connectivity index (χ3v) is 13.5. The van der Waals surface area contributed by atoms with E-state index in [2.05, 4.69) is 74.6 Å². The fourth-order valence-corrected chi connectivity index (χ4v) is 8.86. The van der Waals surface area contributed by atoms with E-state index in [0.717, 1.165) is 77.0 Å². The van der Waals surface area contributed by atoms with Gasteiger partial charge in [0.05, 0.1) is 26.4 Å². The van der Waals surface area contributed by atoms with Gasteiger partial charge in [-0.15, -0.1) is 0 Å². The lowest BCUT2D eigenvalue weighted by molar-refractivity contribution is -0.332. The number of ether oxygens (including phenoxy) is 6. The van der Waals surface area contributed by atoms with Crippen LogP contribution in [0.5, 0.6) is 0 Å². The molecule has 0 amide bonds. The third kappa shape index (κ3) is 32.8. The van der Waals surface area contributed by atoms with Gasteiger partial charge in [-0.05, 0) is 77.0 Å². The molecule has 0 radical (unpaired) electrons. The van der Waals surface area contributed by atoms with E-state index >= 15 is 0 Å². The van der Waals surface area contributed by atoms with E-state index in [0.29, 0.717) is 13.0 Å². The average Bonchev–Trinajstić information content (AvgIpc) is 3.39. The van der Waals surface area contributed by atoms with Gasteiger partial charge >= 0.3 is 5.97 Å². The monoisotopic (exact) mass is 1040 g/mol. The Morgan fingerprint density at radius 1 is 0.466 bits per heavy atom. The first-order valence-electron chi connectivity index (χ1n) is 28.9. The van der Waals surface area contributed by atoms with Crippen molar-refractivity contribution in [2.75, 3.05) is 33.0 Å². The maximum Gasteiger partial charge on any atom is 0.306 e. The SMILES string of the molecule is CC/C=C\C/C=C\C/C=C\C/C=C\CCCCCCCCCCCCCCC(=O)OC(COCCCCCCCC/C=C\CCCCCC)COC1OC(COC2OC(CO)C(O)C(O)C2O)C(O)C(O)C1O. The first-order chi connectivity index (χ1) is 35.6. The van der Waals surface area contributed by atoms with Crippen molar-refractivity contribution in [3.8, 4) is 0 Å². The van der Waals surface area contributed by atoms with Crippen LogP contribution in [0.4, 0.5) is 0 Å². The summed E-state index contributed by atoms with van der Waals surface area (Å²) in [6.07, 6.45) is 39.9. The molecule has 11 atom stereocenters. The van der Waals surface area contributed by atoms with Crippen molar-refractivity contribution in [2.45, 2.75) is 274 Å². The summed E-state index contributed by atoms with van der Waals surface area (Å²) in [5, 5.41) is 72.3. The van der Waals surface area contributed by atoms with Crippen LogP contribution >= 0.6 is 0 Å².